The monoisotopic (exact) mass is 251 g/mol. The third-order valence-electron chi connectivity index (χ3n) is 2.70. The molecule has 0 saturated heterocycles. The average Bonchev–Trinajstić information content (AvgIpc) is 2.73. The van der Waals surface area contributed by atoms with Gasteiger partial charge in [-0.05, 0) is 19.2 Å². The van der Waals surface area contributed by atoms with E-state index in [0.717, 1.165) is 5.39 Å². The molecule has 1 heterocycles. The van der Waals surface area contributed by atoms with Crippen LogP contribution < -0.4 is 5.32 Å². The van der Waals surface area contributed by atoms with Crippen LogP contribution in [0.25, 0.3) is 11.0 Å². The zero-order valence-corrected chi connectivity index (χ0v) is 10.5. The van der Waals surface area contributed by atoms with Gasteiger partial charge < -0.3 is 9.73 Å². The molecule has 0 spiro atoms. The summed E-state index contributed by atoms with van der Waals surface area (Å²) in [5.74, 6) is 0.252. The Balaban J connectivity index is 2.37. The van der Waals surface area contributed by atoms with Gasteiger partial charge in [0.1, 0.15) is 0 Å². The van der Waals surface area contributed by atoms with Crippen LogP contribution in [0.1, 0.15) is 17.5 Å². The molecular formula is C13H14ClNO2. The molecule has 0 radical (unpaired) electrons. The van der Waals surface area contributed by atoms with Crippen molar-refractivity contribution in [3.63, 3.8) is 0 Å². The van der Waals surface area contributed by atoms with Crippen LogP contribution in [0.2, 0.25) is 5.02 Å². The number of carbonyl (C=O) groups excluding carboxylic acids is 1. The van der Waals surface area contributed by atoms with Gasteiger partial charge in [0.15, 0.2) is 11.3 Å². The Morgan fingerprint density at radius 1 is 1.53 bits per heavy atom. The number of fused-ring (bicyclic) bond motifs is 1. The van der Waals surface area contributed by atoms with Gasteiger partial charge in [0.2, 0.25) is 5.78 Å². The Labute approximate surface area is 105 Å². The van der Waals surface area contributed by atoms with Gasteiger partial charge in [-0.2, -0.15) is 0 Å². The summed E-state index contributed by atoms with van der Waals surface area (Å²) in [5, 5.41) is 4.36. The van der Waals surface area contributed by atoms with Crippen LogP contribution in [-0.2, 0) is 0 Å². The minimum absolute atomic E-state index is 0.00776. The summed E-state index contributed by atoms with van der Waals surface area (Å²) >= 11 is 6.00. The van der Waals surface area contributed by atoms with E-state index in [0.29, 0.717) is 22.9 Å². The lowest BCUT2D eigenvalue weighted by molar-refractivity contribution is 0.0904. The largest absolute Gasteiger partial charge is 0.451 e. The predicted octanol–water partition coefficient (Wildman–Crippen LogP) is 3.12. The Kier molecular flexibility index (Phi) is 3.50. The minimum Gasteiger partial charge on any atom is -0.451 e. The van der Waals surface area contributed by atoms with Gasteiger partial charge >= 0.3 is 0 Å². The molecule has 0 saturated carbocycles. The lowest BCUT2D eigenvalue weighted by atomic mass is 10.0. The first-order valence-electron chi connectivity index (χ1n) is 5.50. The second-order valence-corrected chi connectivity index (χ2v) is 4.50. The van der Waals surface area contributed by atoms with Gasteiger partial charge in [-0.1, -0.05) is 30.7 Å². The SMILES string of the molecule is CNCC(C)C(=O)c1cc2cccc(Cl)c2o1. The number of hydrogen-bond acceptors (Lipinski definition) is 3. The van der Waals surface area contributed by atoms with Crippen molar-refractivity contribution in [2.45, 2.75) is 6.92 Å². The normalized spacial score (nSPS) is 12.9. The van der Waals surface area contributed by atoms with Crippen molar-refractivity contribution in [3.8, 4) is 0 Å². The fraction of sp³-hybridized carbons (Fsp3) is 0.308. The smallest absolute Gasteiger partial charge is 0.202 e. The lowest BCUT2D eigenvalue weighted by Crippen LogP contribution is -2.23. The Hall–Kier alpha value is -1.32. The molecule has 1 N–H and O–H groups in total. The highest BCUT2D eigenvalue weighted by molar-refractivity contribution is 6.34. The van der Waals surface area contributed by atoms with Gasteiger partial charge in [-0.15, -0.1) is 0 Å². The van der Waals surface area contributed by atoms with E-state index in [4.69, 9.17) is 16.0 Å². The van der Waals surface area contributed by atoms with Crippen molar-refractivity contribution in [1.82, 2.24) is 5.32 Å². The molecule has 0 amide bonds. The maximum absolute atomic E-state index is 12.0. The molecule has 2 rings (SSSR count). The Morgan fingerprint density at radius 2 is 2.29 bits per heavy atom. The van der Waals surface area contributed by atoms with Crippen LogP contribution in [-0.4, -0.2) is 19.4 Å². The average molecular weight is 252 g/mol. The highest BCUT2D eigenvalue weighted by Gasteiger charge is 2.19. The van der Waals surface area contributed by atoms with Gasteiger partial charge in [0.05, 0.1) is 5.02 Å². The van der Waals surface area contributed by atoms with Crippen LogP contribution >= 0.6 is 11.6 Å². The van der Waals surface area contributed by atoms with Gasteiger partial charge in [-0.25, -0.2) is 0 Å². The fourth-order valence-corrected chi connectivity index (χ4v) is 2.01. The highest BCUT2D eigenvalue weighted by atomic mass is 35.5. The van der Waals surface area contributed by atoms with Gasteiger partial charge in [0, 0.05) is 17.8 Å². The van der Waals surface area contributed by atoms with Crippen LogP contribution in [0.5, 0.6) is 0 Å². The number of hydrogen-bond donors (Lipinski definition) is 1. The number of para-hydroxylation sites is 1. The van der Waals surface area contributed by atoms with E-state index < -0.39 is 0 Å². The zero-order valence-electron chi connectivity index (χ0n) is 9.79. The molecule has 1 aromatic heterocycles. The van der Waals surface area contributed by atoms with Crippen molar-refractivity contribution in [2.24, 2.45) is 5.92 Å². The quantitative estimate of drug-likeness (QED) is 0.849. The molecule has 0 aliphatic rings. The van der Waals surface area contributed by atoms with Crippen LogP contribution in [0.3, 0.4) is 0 Å². The number of rotatable bonds is 4. The molecule has 1 atom stereocenters. The van der Waals surface area contributed by atoms with Gasteiger partial charge in [0.25, 0.3) is 0 Å². The molecule has 4 heteroatoms. The van der Waals surface area contributed by atoms with Crippen molar-refractivity contribution in [1.29, 1.82) is 0 Å². The third-order valence-corrected chi connectivity index (χ3v) is 2.99. The summed E-state index contributed by atoms with van der Waals surface area (Å²) < 4.78 is 5.52. The van der Waals surface area contributed by atoms with E-state index in [1.165, 1.54) is 0 Å². The van der Waals surface area contributed by atoms with Crippen LogP contribution in [0.4, 0.5) is 0 Å². The molecule has 3 nitrogen and oxygen atoms in total. The maximum Gasteiger partial charge on any atom is 0.202 e. The van der Waals surface area contributed by atoms with E-state index >= 15 is 0 Å². The number of carbonyl (C=O) groups is 1. The number of furan rings is 1. The standard InChI is InChI=1S/C13H14ClNO2/c1-8(7-15-2)12(16)11-6-9-4-3-5-10(14)13(9)17-11/h3-6,8,15H,7H2,1-2H3. The highest BCUT2D eigenvalue weighted by Crippen LogP contribution is 2.27. The third kappa shape index (κ3) is 2.35. The fourth-order valence-electron chi connectivity index (χ4n) is 1.79. The molecule has 0 fully saturated rings. The molecule has 2 aromatic rings. The lowest BCUT2D eigenvalue weighted by Gasteiger charge is -2.06. The Bertz CT molecular complexity index is 547. The minimum atomic E-state index is -0.112. The Morgan fingerprint density at radius 3 is 2.94 bits per heavy atom. The number of ketones is 1. The van der Waals surface area contributed by atoms with E-state index in [-0.39, 0.29) is 11.7 Å². The first-order valence-corrected chi connectivity index (χ1v) is 5.88. The summed E-state index contributed by atoms with van der Waals surface area (Å²) in [6, 6.07) is 7.21. The molecular weight excluding hydrogens is 238 g/mol. The molecule has 0 aliphatic carbocycles. The maximum atomic E-state index is 12.0. The molecule has 0 bridgehead atoms. The van der Waals surface area contributed by atoms with Crippen LogP contribution in [0, 0.1) is 5.92 Å². The topological polar surface area (TPSA) is 42.2 Å². The summed E-state index contributed by atoms with van der Waals surface area (Å²) in [5.41, 5.74) is 0.578. The summed E-state index contributed by atoms with van der Waals surface area (Å²) in [6.07, 6.45) is 0. The summed E-state index contributed by atoms with van der Waals surface area (Å²) in [6.45, 7) is 2.50. The van der Waals surface area contributed by atoms with Crippen LogP contribution in [0.15, 0.2) is 28.7 Å². The second kappa shape index (κ2) is 4.90. The molecule has 90 valence electrons. The molecule has 0 aliphatic heterocycles. The van der Waals surface area contributed by atoms with Crippen molar-refractivity contribution >= 4 is 28.4 Å². The number of Topliss-reactive ketones (excluding diaryl/α,β-unsaturated/α-hetero) is 1. The first kappa shape index (κ1) is 12.1. The summed E-state index contributed by atoms with van der Waals surface area (Å²) in [4.78, 5) is 12.0. The van der Waals surface area contributed by atoms with E-state index in [2.05, 4.69) is 5.32 Å². The van der Waals surface area contributed by atoms with Crippen molar-refractivity contribution in [2.75, 3.05) is 13.6 Å². The first-order chi connectivity index (χ1) is 8.13. The van der Waals surface area contributed by atoms with E-state index in [9.17, 15) is 4.79 Å². The van der Waals surface area contributed by atoms with E-state index in [1.54, 1.807) is 12.1 Å². The second-order valence-electron chi connectivity index (χ2n) is 4.09. The van der Waals surface area contributed by atoms with Crippen molar-refractivity contribution in [3.05, 3.63) is 35.0 Å². The molecule has 1 aromatic carbocycles. The molecule has 17 heavy (non-hydrogen) atoms. The zero-order chi connectivity index (χ0) is 12.4. The van der Waals surface area contributed by atoms with Crippen molar-refractivity contribution < 1.29 is 9.21 Å². The van der Waals surface area contributed by atoms with Gasteiger partial charge in [-0.3, -0.25) is 4.79 Å². The van der Waals surface area contributed by atoms with E-state index in [1.807, 2.05) is 26.1 Å². The number of halogens is 1. The predicted molar refractivity (Wildman–Crippen MR) is 68.6 cm³/mol. The molecule has 1 unspecified atom stereocenters. The number of benzene rings is 1. The summed E-state index contributed by atoms with van der Waals surface area (Å²) in [7, 11) is 1.82. The number of nitrogens with one attached hydrogen (secondary N) is 1.